The molecule has 1 atom stereocenters. The number of amides is 1. The van der Waals surface area contributed by atoms with Crippen molar-refractivity contribution in [1.29, 1.82) is 0 Å². The van der Waals surface area contributed by atoms with E-state index in [1.807, 2.05) is 55.5 Å². The van der Waals surface area contributed by atoms with Gasteiger partial charge in [0.15, 0.2) is 5.60 Å². The summed E-state index contributed by atoms with van der Waals surface area (Å²) < 4.78 is 6.07. The number of benzene rings is 3. The minimum absolute atomic E-state index is 0.201. The number of hydrogen-bond acceptors (Lipinski definition) is 2. The first-order valence-corrected chi connectivity index (χ1v) is 10.2. The number of halogens is 2. The molecule has 0 aliphatic rings. The third-order valence-corrected chi connectivity index (χ3v) is 5.35. The standard InChI is InChI=1S/C24H23Cl2NO2/c1-3-24(2,23(28)27-21-12-10-20(26)11-13-21)29-22-14-6-18(7-15-22)16-17-4-8-19(25)9-5-17/h4-15H,3,16H2,1-2H3,(H,27,28)/t24-/m1/s1. The first kappa shape index (κ1) is 21.2. The van der Waals surface area contributed by atoms with Gasteiger partial charge < -0.3 is 10.1 Å². The molecule has 3 aromatic rings. The normalized spacial score (nSPS) is 12.8. The third-order valence-electron chi connectivity index (χ3n) is 4.85. The van der Waals surface area contributed by atoms with Gasteiger partial charge in [0.1, 0.15) is 5.75 Å². The van der Waals surface area contributed by atoms with Gasteiger partial charge in [0.2, 0.25) is 0 Å². The average Bonchev–Trinajstić information content (AvgIpc) is 2.72. The summed E-state index contributed by atoms with van der Waals surface area (Å²) in [6.07, 6.45) is 1.33. The molecule has 5 heteroatoms. The van der Waals surface area contributed by atoms with Gasteiger partial charge in [0, 0.05) is 15.7 Å². The number of hydrogen-bond donors (Lipinski definition) is 1. The summed E-state index contributed by atoms with van der Waals surface area (Å²) in [5.41, 5.74) is 2.03. The summed E-state index contributed by atoms with van der Waals surface area (Å²) in [7, 11) is 0. The van der Waals surface area contributed by atoms with Gasteiger partial charge in [0.05, 0.1) is 0 Å². The molecule has 150 valence electrons. The van der Waals surface area contributed by atoms with Crippen molar-refractivity contribution in [2.24, 2.45) is 0 Å². The molecule has 0 spiro atoms. The van der Waals surface area contributed by atoms with Gasteiger partial charge in [-0.05, 0) is 79.4 Å². The van der Waals surface area contributed by atoms with Crippen molar-refractivity contribution in [3.63, 3.8) is 0 Å². The van der Waals surface area contributed by atoms with Crippen LogP contribution in [0, 0.1) is 0 Å². The first-order chi connectivity index (χ1) is 13.9. The van der Waals surface area contributed by atoms with E-state index in [-0.39, 0.29) is 5.91 Å². The lowest BCUT2D eigenvalue weighted by atomic mass is 10.0. The molecule has 0 fully saturated rings. The number of anilines is 1. The highest BCUT2D eigenvalue weighted by Gasteiger charge is 2.33. The molecule has 3 rings (SSSR count). The van der Waals surface area contributed by atoms with E-state index >= 15 is 0 Å². The van der Waals surface area contributed by atoms with Gasteiger partial charge in [0.25, 0.3) is 5.91 Å². The topological polar surface area (TPSA) is 38.3 Å². The number of carbonyl (C=O) groups is 1. The Hall–Kier alpha value is -2.49. The maximum atomic E-state index is 12.8. The van der Waals surface area contributed by atoms with Crippen LogP contribution in [0.2, 0.25) is 10.0 Å². The number of ether oxygens (including phenoxy) is 1. The monoisotopic (exact) mass is 427 g/mol. The predicted octanol–water partition coefficient (Wildman–Crippen LogP) is 6.77. The Morgan fingerprint density at radius 2 is 1.34 bits per heavy atom. The maximum absolute atomic E-state index is 12.8. The van der Waals surface area contributed by atoms with Crippen molar-refractivity contribution >= 4 is 34.8 Å². The number of nitrogens with one attached hydrogen (secondary N) is 1. The smallest absolute Gasteiger partial charge is 0.268 e. The number of rotatable bonds is 7. The highest BCUT2D eigenvalue weighted by Crippen LogP contribution is 2.25. The molecule has 0 unspecified atom stereocenters. The molecule has 0 saturated heterocycles. The SMILES string of the molecule is CC[C@@](C)(Oc1ccc(Cc2ccc(Cl)cc2)cc1)C(=O)Nc1ccc(Cl)cc1. The van der Waals surface area contributed by atoms with Crippen molar-refractivity contribution in [2.45, 2.75) is 32.3 Å². The summed E-state index contributed by atoms with van der Waals surface area (Å²) in [5.74, 6) is 0.452. The summed E-state index contributed by atoms with van der Waals surface area (Å²) in [6, 6.07) is 22.6. The van der Waals surface area contributed by atoms with Crippen LogP contribution in [0.15, 0.2) is 72.8 Å². The van der Waals surface area contributed by atoms with E-state index < -0.39 is 5.60 Å². The van der Waals surface area contributed by atoms with Crippen molar-refractivity contribution in [3.8, 4) is 5.75 Å². The summed E-state index contributed by atoms with van der Waals surface area (Å²) in [4.78, 5) is 12.8. The van der Waals surface area contributed by atoms with E-state index in [4.69, 9.17) is 27.9 Å². The Morgan fingerprint density at radius 3 is 1.86 bits per heavy atom. The first-order valence-electron chi connectivity index (χ1n) is 9.47. The molecular weight excluding hydrogens is 405 g/mol. The van der Waals surface area contributed by atoms with Crippen molar-refractivity contribution in [3.05, 3.63) is 94.0 Å². The lowest BCUT2D eigenvalue weighted by Gasteiger charge is -2.28. The second-order valence-corrected chi connectivity index (χ2v) is 7.97. The van der Waals surface area contributed by atoms with Crippen molar-refractivity contribution in [2.75, 3.05) is 5.32 Å². The minimum atomic E-state index is -0.989. The molecular formula is C24H23Cl2NO2. The van der Waals surface area contributed by atoms with Crippen LogP contribution < -0.4 is 10.1 Å². The minimum Gasteiger partial charge on any atom is -0.478 e. The molecule has 0 aliphatic carbocycles. The molecule has 29 heavy (non-hydrogen) atoms. The van der Waals surface area contributed by atoms with Crippen LogP contribution in [-0.2, 0) is 11.2 Å². The fourth-order valence-corrected chi connectivity index (χ4v) is 3.10. The molecule has 0 radical (unpaired) electrons. The lowest BCUT2D eigenvalue weighted by molar-refractivity contribution is -0.130. The molecule has 0 heterocycles. The van der Waals surface area contributed by atoms with E-state index in [9.17, 15) is 4.79 Å². The van der Waals surface area contributed by atoms with Crippen LogP contribution >= 0.6 is 23.2 Å². The summed E-state index contributed by atoms with van der Waals surface area (Å²) >= 11 is 11.8. The fourth-order valence-electron chi connectivity index (χ4n) is 2.85. The second kappa shape index (κ2) is 9.34. The lowest BCUT2D eigenvalue weighted by Crippen LogP contribution is -2.44. The van der Waals surface area contributed by atoms with E-state index in [1.165, 1.54) is 5.56 Å². The predicted molar refractivity (Wildman–Crippen MR) is 120 cm³/mol. The van der Waals surface area contributed by atoms with E-state index in [0.717, 1.165) is 17.0 Å². The Balaban J connectivity index is 1.66. The maximum Gasteiger partial charge on any atom is 0.268 e. The largest absolute Gasteiger partial charge is 0.478 e. The second-order valence-electron chi connectivity index (χ2n) is 7.09. The van der Waals surface area contributed by atoms with Crippen molar-refractivity contribution in [1.82, 2.24) is 0 Å². The Labute approximate surface area is 181 Å². The fraction of sp³-hybridized carbons (Fsp3) is 0.208. The Bertz CT molecular complexity index is 954. The van der Waals surface area contributed by atoms with Crippen LogP contribution in [0.1, 0.15) is 31.4 Å². The van der Waals surface area contributed by atoms with Gasteiger partial charge in [-0.15, -0.1) is 0 Å². The molecule has 3 aromatic carbocycles. The molecule has 0 aliphatic heterocycles. The number of carbonyl (C=O) groups excluding carboxylic acids is 1. The molecule has 0 bridgehead atoms. The van der Waals surface area contributed by atoms with Gasteiger partial charge in [-0.2, -0.15) is 0 Å². The van der Waals surface area contributed by atoms with Crippen LogP contribution in [0.25, 0.3) is 0 Å². The van der Waals surface area contributed by atoms with Gasteiger partial charge in [-0.3, -0.25) is 4.79 Å². The molecule has 0 aromatic heterocycles. The quantitative estimate of drug-likeness (QED) is 0.451. The molecule has 0 saturated carbocycles. The zero-order chi connectivity index (χ0) is 20.9. The van der Waals surface area contributed by atoms with E-state index in [2.05, 4.69) is 5.32 Å². The van der Waals surface area contributed by atoms with Crippen molar-refractivity contribution < 1.29 is 9.53 Å². The van der Waals surface area contributed by atoms with Crippen LogP contribution in [0.4, 0.5) is 5.69 Å². The van der Waals surface area contributed by atoms with E-state index in [0.29, 0.717) is 22.9 Å². The highest BCUT2D eigenvalue weighted by atomic mass is 35.5. The van der Waals surface area contributed by atoms with E-state index in [1.54, 1.807) is 31.2 Å². The van der Waals surface area contributed by atoms with Crippen LogP contribution in [0.5, 0.6) is 5.75 Å². The van der Waals surface area contributed by atoms with Gasteiger partial charge >= 0.3 is 0 Å². The Morgan fingerprint density at radius 1 is 0.862 bits per heavy atom. The zero-order valence-corrected chi connectivity index (χ0v) is 17.9. The molecule has 3 nitrogen and oxygen atoms in total. The molecule has 1 N–H and O–H groups in total. The molecule has 1 amide bonds. The summed E-state index contributed by atoms with van der Waals surface area (Å²) in [6.45, 7) is 3.72. The third kappa shape index (κ3) is 5.75. The highest BCUT2D eigenvalue weighted by molar-refractivity contribution is 6.30. The van der Waals surface area contributed by atoms with Crippen LogP contribution in [-0.4, -0.2) is 11.5 Å². The zero-order valence-electron chi connectivity index (χ0n) is 16.4. The van der Waals surface area contributed by atoms with Crippen LogP contribution in [0.3, 0.4) is 0 Å². The average molecular weight is 428 g/mol. The Kier molecular flexibility index (Phi) is 6.83. The van der Waals surface area contributed by atoms with Gasteiger partial charge in [-0.1, -0.05) is 54.4 Å². The van der Waals surface area contributed by atoms with Gasteiger partial charge in [-0.25, -0.2) is 0 Å². The summed E-state index contributed by atoms with van der Waals surface area (Å²) in [5, 5.41) is 4.25.